The zero-order chi connectivity index (χ0) is 15.2. The van der Waals surface area contributed by atoms with Crippen molar-refractivity contribution < 1.29 is 9.90 Å². The van der Waals surface area contributed by atoms with E-state index in [0.717, 1.165) is 11.3 Å². The van der Waals surface area contributed by atoms with E-state index in [9.17, 15) is 9.90 Å². The Labute approximate surface area is 128 Å². The topological polar surface area (TPSA) is 61.4 Å². The van der Waals surface area contributed by atoms with Crippen molar-refractivity contribution in [2.45, 2.75) is 6.92 Å². The van der Waals surface area contributed by atoms with Crippen LogP contribution in [0.15, 0.2) is 54.6 Å². The number of benzene rings is 2. The highest BCUT2D eigenvalue weighted by Gasteiger charge is 2.06. The molecule has 1 amide bonds. The van der Waals surface area contributed by atoms with Crippen LogP contribution in [0.1, 0.15) is 22.8 Å². The van der Waals surface area contributed by atoms with E-state index in [-0.39, 0.29) is 11.7 Å². The molecule has 2 aromatic carbocycles. The molecule has 0 heterocycles. The highest BCUT2D eigenvalue weighted by molar-refractivity contribution is 6.30. The molecule has 0 bridgehead atoms. The number of halogens is 1. The normalized spacial score (nSPS) is 11.0. The Morgan fingerprint density at radius 3 is 2.14 bits per heavy atom. The quantitative estimate of drug-likeness (QED) is 0.759. The molecule has 3 N–H and O–H groups in total. The van der Waals surface area contributed by atoms with Crippen LogP contribution in [0.5, 0.6) is 5.75 Å². The third-order valence-electron chi connectivity index (χ3n) is 2.88. The number of rotatable bonds is 4. The maximum absolute atomic E-state index is 12.0. The van der Waals surface area contributed by atoms with Crippen LogP contribution in [0.4, 0.5) is 0 Å². The van der Waals surface area contributed by atoms with Gasteiger partial charge in [-0.2, -0.15) is 0 Å². The molecule has 0 fully saturated rings. The molecule has 0 atom stereocenters. The van der Waals surface area contributed by atoms with Crippen LogP contribution in [0.3, 0.4) is 0 Å². The van der Waals surface area contributed by atoms with Crippen LogP contribution in [0.25, 0.3) is 5.70 Å². The number of amides is 1. The molecule has 0 aliphatic heterocycles. The van der Waals surface area contributed by atoms with Crippen LogP contribution in [0, 0.1) is 0 Å². The standard InChI is InChI=1S/C16H15ClN2O2/c1-2-15(11-3-7-13(17)8-4-11)18-19-16(21)12-5-9-14(20)10-6-12/h2-10,18,20H,1H3,(H,19,21)/b15-2-. The van der Waals surface area contributed by atoms with Gasteiger partial charge in [-0.1, -0.05) is 29.8 Å². The largest absolute Gasteiger partial charge is 0.508 e. The molecule has 4 nitrogen and oxygen atoms in total. The van der Waals surface area contributed by atoms with Gasteiger partial charge in [0.05, 0.1) is 5.70 Å². The number of carbonyl (C=O) groups is 1. The molecule has 108 valence electrons. The minimum Gasteiger partial charge on any atom is -0.508 e. The summed E-state index contributed by atoms with van der Waals surface area (Å²) >= 11 is 5.85. The van der Waals surface area contributed by atoms with E-state index >= 15 is 0 Å². The summed E-state index contributed by atoms with van der Waals surface area (Å²) in [7, 11) is 0. The monoisotopic (exact) mass is 302 g/mol. The van der Waals surface area contributed by atoms with Crippen LogP contribution >= 0.6 is 11.6 Å². The smallest absolute Gasteiger partial charge is 0.269 e. The van der Waals surface area contributed by atoms with Gasteiger partial charge in [0, 0.05) is 10.6 Å². The molecular weight excluding hydrogens is 288 g/mol. The predicted molar refractivity (Wildman–Crippen MR) is 83.8 cm³/mol. The van der Waals surface area contributed by atoms with Gasteiger partial charge < -0.3 is 5.11 Å². The van der Waals surface area contributed by atoms with Gasteiger partial charge >= 0.3 is 0 Å². The van der Waals surface area contributed by atoms with Gasteiger partial charge in [-0.05, 0) is 48.9 Å². The summed E-state index contributed by atoms with van der Waals surface area (Å²) in [6.45, 7) is 1.86. The zero-order valence-electron chi connectivity index (χ0n) is 11.4. The lowest BCUT2D eigenvalue weighted by Gasteiger charge is -2.12. The molecule has 0 aliphatic rings. The van der Waals surface area contributed by atoms with Crippen molar-refractivity contribution >= 4 is 23.2 Å². The van der Waals surface area contributed by atoms with Gasteiger partial charge in [0.15, 0.2) is 0 Å². The third kappa shape index (κ3) is 4.00. The molecule has 5 heteroatoms. The predicted octanol–water partition coefficient (Wildman–Crippen LogP) is 3.34. The molecule has 2 rings (SSSR count). The zero-order valence-corrected chi connectivity index (χ0v) is 12.2. The summed E-state index contributed by atoms with van der Waals surface area (Å²) < 4.78 is 0. The van der Waals surface area contributed by atoms with Crippen LogP contribution < -0.4 is 10.9 Å². The molecule has 0 unspecified atom stereocenters. The summed E-state index contributed by atoms with van der Waals surface area (Å²) in [6.07, 6.45) is 1.85. The van der Waals surface area contributed by atoms with Crippen LogP contribution in [-0.2, 0) is 0 Å². The van der Waals surface area contributed by atoms with Crippen molar-refractivity contribution in [3.05, 3.63) is 70.8 Å². The molecule has 0 spiro atoms. The van der Waals surface area contributed by atoms with Gasteiger partial charge in [0.25, 0.3) is 5.91 Å². The second-order valence-corrected chi connectivity index (χ2v) is 4.77. The number of phenols is 1. The first-order chi connectivity index (χ1) is 10.1. The Balaban J connectivity index is 2.02. The van der Waals surface area contributed by atoms with Crippen molar-refractivity contribution in [2.24, 2.45) is 0 Å². The maximum atomic E-state index is 12.0. The number of hydrogen-bond donors (Lipinski definition) is 3. The maximum Gasteiger partial charge on any atom is 0.269 e. The van der Waals surface area contributed by atoms with Crippen molar-refractivity contribution in [1.82, 2.24) is 10.9 Å². The number of nitrogens with one attached hydrogen (secondary N) is 2. The number of hydrazine groups is 1. The van der Waals surface area contributed by atoms with E-state index in [4.69, 9.17) is 11.6 Å². The average Bonchev–Trinajstić information content (AvgIpc) is 2.50. The van der Waals surface area contributed by atoms with Crippen LogP contribution in [0.2, 0.25) is 5.02 Å². The van der Waals surface area contributed by atoms with E-state index in [2.05, 4.69) is 10.9 Å². The lowest BCUT2D eigenvalue weighted by Crippen LogP contribution is -2.36. The molecule has 21 heavy (non-hydrogen) atoms. The van der Waals surface area contributed by atoms with Crippen molar-refractivity contribution in [1.29, 1.82) is 0 Å². The molecule has 0 saturated heterocycles. The third-order valence-corrected chi connectivity index (χ3v) is 3.14. The number of phenolic OH excluding ortho intramolecular Hbond substituents is 1. The first kappa shape index (κ1) is 14.9. The number of hydrogen-bond acceptors (Lipinski definition) is 3. The first-order valence-corrected chi connectivity index (χ1v) is 6.75. The Kier molecular flexibility index (Phi) is 4.85. The van der Waals surface area contributed by atoms with Crippen molar-refractivity contribution in [3.63, 3.8) is 0 Å². The fourth-order valence-electron chi connectivity index (χ4n) is 1.75. The van der Waals surface area contributed by atoms with Gasteiger partial charge in [0.2, 0.25) is 0 Å². The fourth-order valence-corrected chi connectivity index (χ4v) is 1.88. The molecular formula is C16H15ClN2O2. The van der Waals surface area contributed by atoms with Gasteiger partial charge in [-0.25, -0.2) is 0 Å². The van der Waals surface area contributed by atoms with E-state index in [1.807, 2.05) is 25.1 Å². The number of allylic oxidation sites excluding steroid dienone is 1. The summed E-state index contributed by atoms with van der Waals surface area (Å²) in [5.74, 6) is -0.168. The van der Waals surface area contributed by atoms with E-state index in [1.165, 1.54) is 12.1 Å². The Bertz CT molecular complexity index is 649. The van der Waals surface area contributed by atoms with Crippen molar-refractivity contribution in [3.8, 4) is 5.75 Å². The summed E-state index contributed by atoms with van der Waals surface area (Å²) in [4.78, 5) is 12.0. The molecule has 2 aromatic rings. The molecule has 0 aromatic heterocycles. The summed E-state index contributed by atoms with van der Waals surface area (Å²) in [5.41, 5.74) is 7.61. The van der Waals surface area contributed by atoms with Gasteiger partial charge in [-0.3, -0.25) is 15.6 Å². The van der Waals surface area contributed by atoms with Crippen LogP contribution in [-0.4, -0.2) is 11.0 Å². The number of aromatic hydroxyl groups is 1. The second kappa shape index (κ2) is 6.81. The lowest BCUT2D eigenvalue weighted by atomic mass is 10.1. The SMILES string of the molecule is C/C=C(\NNC(=O)c1ccc(O)cc1)c1ccc(Cl)cc1. The highest BCUT2D eigenvalue weighted by atomic mass is 35.5. The van der Waals surface area contributed by atoms with Gasteiger partial charge in [0.1, 0.15) is 5.75 Å². The molecule has 0 aliphatic carbocycles. The van der Waals surface area contributed by atoms with Gasteiger partial charge in [-0.15, -0.1) is 0 Å². The van der Waals surface area contributed by atoms with E-state index < -0.39 is 0 Å². The first-order valence-electron chi connectivity index (χ1n) is 6.38. The van der Waals surface area contributed by atoms with Crippen molar-refractivity contribution in [2.75, 3.05) is 0 Å². The minimum absolute atomic E-state index is 0.120. The van der Waals surface area contributed by atoms with E-state index in [1.54, 1.807) is 24.3 Å². The minimum atomic E-state index is -0.289. The van der Waals surface area contributed by atoms with E-state index in [0.29, 0.717) is 10.6 Å². The molecule has 0 saturated carbocycles. The Morgan fingerprint density at radius 2 is 1.57 bits per heavy atom. The highest BCUT2D eigenvalue weighted by Crippen LogP contribution is 2.15. The second-order valence-electron chi connectivity index (χ2n) is 4.34. The summed E-state index contributed by atoms with van der Waals surface area (Å²) in [5, 5.41) is 9.85. The number of carbonyl (C=O) groups excluding carboxylic acids is 1. The fraction of sp³-hybridized carbons (Fsp3) is 0.0625. The average molecular weight is 303 g/mol. The lowest BCUT2D eigenvalue weighted by molar-refractivity contribution is 0.0942. The Hall–Kier alpha value is -2.46. The molecule has 0 radical (unpaired) electrons. The summed E-state index contributed by atoms with van der Waals surface area (Å²) in [6, 6.07) is 13.3. The Morgan fingerprint density at radius 1 is 1.00 bits per heavy atom.